The van der Waals surface area contributed by atoms with Gasteiger partial charge in [0.05, 0.1) is 17.0 Å². The summed E-state index contributed by atoms with van der Waals surface area (Å²) in [5, 5.41) is 7.96. The Bertz CT molecular complexity index is 722. The van der Waals surface area contributed by atoms with Crippen LogP contribution in [-0.4, -0.2) is 24.2 Å². The van der Waals surface area contributed by atoms with Crippen LogP contribution in [0.2, 0.25) is 0 Å². The molecule has 2 bridgehead atoms. The first kappa shape index (κ1) is 16.5. The first-order chi connectivity index (χ1) is 12.2. The molecule has 3 N–H and O–H groups in total. The van der Waals surface area contributed by atoms with Crippen LogP contribution in [0.15, 0.2) is 41.8 Å². The second kappa shape index (κ2) is 7.14. The minimum absolute atomic E-state index is 0.207. The van der Waals surface area contributed by atoms with E-state index in [1.54, 1.807) is 17.0 Å². The predicted octanol–water partition coefficient (Wildman–Crippen LogP) is 2.79. The number of fused-ring (bicyclic) bond motifs is 2. The molecular formula is C19H23FN3OS+. The van der Waals surface area contributed by atoms with E-state index >= 15 is 0 Å². The zero-order chi connectivity index (χ0) is 17.2. The van der Waals surface area contributed by atoms with E-state index < -0.39 is 0 Å². The van der Waals surface area contributed by atoms with Crippen molar-refractivity contribution in [3.05, 3.63) is 52.5 Å². The van der Waals surface area contributed by atoms with Crippen LogP contribution in [0.3, 0.4) is 0 Å². The number of piperidine rings is 1. The molecule has 1 aromatic carbocycles. The number of carbonyl (C=O) groups excluding carboxylic acids is 1. The molecular weight excluding hydrogens is 337 g/mol. The van der Waals surface area contributed by atoms with Gasteiger partial charge in [-0.25, -0.2) is 9.18 Å². The highest BCUT2D eigenvalue weighted by Gasteiger charge is 2.44. The smallest absolute Gasteiger partial charge is 0.319 e. The lowest BCUT2D eigenvalue weighted by molar-refractivity contribution is -0.954. The molecule has 2 aliphatic heterocycles. The molecule has 132 valence electrons. The van der Waals surface area contributed by atoms with Gasteiger partial charge >= 0.3 is 6.03 Å². The number of amides is 2. The molecule has 6 heteroatoms. The molecule has 2 amide bonds. The molecule has 4 rings (SSSR count). The Kier molecular flexibility index (Phi) is 4.72. The number of benzene rings is 1. The van der Waals surface area contributed by atoms with Crippen LogP contribution in [-0.2, 0) is 6.54 Å². The monoisotopic (exact) mass is 360 g/mol. The van der Waals surface area contributed by atoms with Gasteiger partial charge in [-0.2, -0.15) is 0 Å². The van der Waals surface area contributed by atoms with Gasteiger partial charge < -0.3 is 15.5 Å². The van der Waals surface area contributed by atoms with E-state index in [2.05, 4.69) is 28.1 Å². The third kappa shape index (κ3) is 3.85. The highest BCUT2D eigenvalue weighted by molar-refractivity contribution is 7.09. The summed E-state index contributed by atoms with van der Waals surface area (Å²) in [5.41, 5.74) is 0.487. The number of hydrogen-bond donors (Lipinski definition) is 3. The fourth-order valence-electron chi connectivity index (χ4n) is 4.37. The summed E-state index contributed by atoms with van der Waals surface area (Å²) in [7, 11) is 0. The molecule has 2 aromatic rings. The van der Waals surface area contributed by atoms with Crippen molar-refractivity contribution in [1.82, 2.24) is 5.32 Å². The number of halogens is 1. The zero-order valence-electron chi connectivity index (χ0n) is 14.0. The van der Waals surface area contributed by atoms with Gasteiger partial charge in [-0.15, -0.1) is 11.3 Å². The number of quaternary nitrogens is 1. The van der Waals surface area contributed by atoms with Crippen LogP contribution in [0.25, 0.3) is 0 Å². The third-order valence-corrected chi connectivity index (χ3v) is 6.30. The number of nitrogens with one attached hydrogen (secondary N) is 3. The Morgan fingerprint density at radius 3 is 2.68 bits per heavy atom. The highest BCUT2D eigenvalue weighted by Crippen LogP contribution is 2.24. The Hall–Kier alpha value is -1.92. The average Bonchev–Trinajstić information content (AvgIpc) is 3.15. The Morgan fingerprint density at radius 2 is 2.00 bits per heavy atom. The largest absolute Gasteiger partial charge is 0.335 e. The molecule has 3 heterocycles. The second-order valence-electron chi connectivity index (χ2n) is 7.08. The van der Waals surface area contributed by atoms with Gasteiger partial charge in [-0.3, -0.25) is 0 Å². The molecule has 0 saturated carbocycles. The Labute approximate surface area is 151 Å². The Balaban J connectivity index is 1.32. The molecule has 0 spiro atoms. The lowest BCUT2D eigenvalue weighted by Gasteiger charge is -2.36. The summed E-state index contributed by atoms with van der Waals surface area (Å²) in [6.07, 6.45) is 4.53. The average molecular weight is 360 g/mol. The first-order valence-electron chi connectivity index (χ1n) is 8.88. The fraction of sp³-hybridized carbons (Fsp3) is 0.421. The van der Waals surface area contributed by atoms with Crippen molar-refractivity contribution in [3.8, 4) is 0 Å². The lowest BCUT2D eigenvalue weighted by Crippen LogP contribution is -3.17. The number of anilines is 1. The van der Waals surface area contributed by atoms with Gasteiger partial charge in [-0.1, -0.05) is 12.1 Å². The van der Waals surface area contributed by atoms with E-state index in [0.29, 0.717) is 17.8 Å². The van der Waals surface area contributed by atoms with Crippen LogP contribution >= 0.6 is 11.3 Å². The fourth-order valence-corrected chi connectivity index (χ4v) is 5.11. The van der Waals surface area contributed by atoms with Gasteiger partial charge in [0.25, 0.3) is 0 Å². The van der Waals surface area contributed by atoms with Gasteiger partial charge in [-0.05, 0) is 29.6 Å². The molecule has 2 atom stereocenters. The van der Waals surface area contributed by atoms with Crippen molar-refractivity contribution in [2.24, 2.45) is 0 Å². The summed E-state index contributed by atoms with van der Waals surface area (Å²) in [6.45, 7) is 1.11. The van der Waals surface area contributed by atoms with E-state index in [0.717, 1.165) is 19.4 Å². The van der Waals surface area contributed by atoms with Crippen LogP contribution in [0.5, 0.6) is 0 Å². The maximum Gasteiger partial charge on any atom is 0.319 e. The maximum absolute atomic E-state index is 13.2. The van der Waals surface area contributed by atoms with E-state index in [1.165, 1.54) is 29.9 Å². The van der Waals surface area contributed by atoms with E-state index in [1.807, 2.05) is 11.3 Å². The van der Waals surface area contributed by atoms with Crippen LogP contribution < -0.4 is 15.5 Å². The molecule has 0 unspecified atom stereocenters. The van der Waals surface area contributed by atoms with Gasteiger partial charge in [0, 0.05) is 37.4 Å². The molecule has 25 heavy (non-hydrogen) atoms. The van der Waals surface area contributed by atoms with Gasteiger partial charge in [0.2, 0.25) is 0 Å². The number of urea groups is 1. The summed E-state index contributed by atoms with van der Waals surface area (Å²) in [6, 6.07) is 11.5. The van der Waals surface area contributed by atoms with Gasteiger partial charge in [0.1, 0.15) is 12.4 Å². The van der Waals surface area contributed by atoms with Crippen molar-refractivity contribution in [2.45, 2.75) is 50.4 Å². The SMILES string of the molecule is O=C(Nc1cccc(F)c1)NC1C[C@H]2CC[C@H](C1)[NH+]2Cc1cccs1. The lowest BCUT2D eigenvalue weighted by atomic mass is 9.97. The number of rotatable bonds is 4. The van der Waals surface area contributed by atoms with Crippen molar-refractivity contribution < 1.29 is 14.1 Å². The maximum atomic E-state index is 13.2. The normalized spacial score (nSPS) is 27.9. The van der Waals surface area contributed by atoms with E-state index in [9.17, 15) is 9.18 Å². The van der Waals surface area contributed by atoms with Crippen molar-refractivity contribution >= 4 is 23.1 Å². The van der Waals surface area contributed by atoms with Crippen LogP contribution in [0.1, 0.15) is 30.6 Å². The predicted molar refractivity (Wildman–Crippen MR) is 97.4 cm³/mol. The minimum Gasteiger partial charge on any atom is -0.335 e. The molecule has 0 aliphatic carbocycles. The third-order valence-electron chi connectivity index (χ3n) is 5.43. The standard InChI is InChI=1S/C19H22FN3OS/c20-13-3-1-4-14(9-13)21-19(24)22-15-10-16-6-7-17(11-15)23(16)12-18-5-2-8-25-18/h1-5,8-9,15-17H,6-7,10-12H2,(H2,21,22,24)/p+1/t16-,17-/m1/s1. The molecule has 2 fully saturated rings. The zero-order valence-corrected chi connectivity index (χ0v) is 14.8. The minimum atomic E-state index is -0.346. The first-order valence-corrected chi connectivity index (χ1v) is 9.76. The van der Waals surface area contributed by atoms with Crippen LogP contribution in [0, 0.1) is 5.82 Å². The summed E-state index contributed by atoms with van der Waals surface area (Å²) in [5.74, 6) is -0.346. The summed E-state index contributed by atoms with van der Waals surface area (Å²) in [4.78, 5) is 15.3. The second-order valence-corrected chi connectivity index (χ2v) is 8.11. The molecule has 0 radical (unpaired) electrons. The van der Waals surface area contributed by atoms with E-state index in [4.69, 9.17) is 0 Å². The van der Waals surface area contributed by atoms with Gasteiger partial charge in [0.15, 0.2) is 0 Å². The summed E-state index contributed by atoms with van der Waals surface area (Å²) < 4.78 is 13.2. The van der Waals surface area contributed by atoms with Crippen molar-refractivity contribution in [1.29, 1.82) is 0 Å². The Morgan fingerprint density at radius 1 is 1.20 bits per heavy atom. The number of carbonyl (C=O) groups is 1. The number of thiophene rings is 1. The quantitative estimate of drug-likeness (QED) is 0.771. The summed E-state index contributed by atoms with van der Waals surface area (Å²) >= 11 is 1.83. The molecule has 1 aromatic heterocycles. The topological polar surface area (TPSA) is 45.6 Å². The van der Waals surface area contributed by atoms with Crippen molar-refractivity contribution in [3.63, 3.8) is 0 Å². The molecule has 2 saturated heterocycles. The molecule has 4 nitrogen and oxygen atoms in total. The van der Waals surface area contributed by atoms with Crippen LogP contribution in [0.4, 0.5) is 14.9 Å². The molecule has 2 aliphatic rings. The number of hydrogen-bond acceptors (Lipinski definition) is 2. The highest BCUT2D eigenvalue weighted by atomic mass is 32.1. The van der Waals surface area contributed by atoms with E-state index in [-0.39, 0.29) is 17.9 Å². The van der Waals surface area contributed by atoms with Crippen molar-refractivity contribution in [2.75, 3.05) is 5.32 Å².